The number of rotatable bonds is 19. The Labute approximate surface area is 220 Å². The van der Waals surface area contributed by atoms with E-state index in [1.807, 2.05) is 27.7 Å². The minimum atomic E-state index is -1.52. The maximum Gasteiger partial charge on any atom is 0.330 e. The molecule has 12 nitrogen and oxygen atoms in total. The van der Waals surface area contributed by atoms with Crippen LogP contribution in [0.15, 0.2) is 34.5 Å². The van der Waals surface area contributed by atoms with Gasteiger partial charge in [0.15, 0.2) is 29.2 Å². The SMILES string of the molecule is C=CCOCC(OC(COOI)COP(OCCC#N)N(C(C)C)C(C)C)n1ccc(=O)[nH]c1=O. The van der Waals surface area contributed by atoms with Crippen LogP contribution in [0.1, 0.15) is 40.3 Å². The molecule has 198 valence electrons. The fourth-order valence-electron chi connectivity index (χ4n) is 3.00. The lowest BCUT2D eigenvalue weighted by atomic mass is 10.3. The monoisotopic (exact) mass is 628 g/mol. The first-order valence-corrected chi connectivity index (χ1v) is 13.0. The zero-order valence-corrected chi connectivity index (χ0v) is 23.5. The average molecular weight is 628 g/mol. The first-order valence-electron chi connectivity index (χ1n) is 11.0. The van der Waals surface area contributed by atoms with Crippen molar-refractivity contribution in [2.24, 2.45) is 0 Å². The molecule has 0 saturated carbocycles. The summed E-state index contributed by atoms with van der Waals surface area (Å²) in [6, 6.07) is 3.52. The minimum absolute atomic E-state index is 0.00287. The van der Waals surface area contributed by atoms with Crippen molar-refractivity contribution < 1.29 is 26.6 Å². The third-order valence-electron chi connectivity index (χ3n) is 4.34. The van der Waals surface area contributed by atoms with E-state index in [0.29, 0.717) is 0 Å². The largest absolute Gasteiger partial charge is 0.373 e. The zero-order chi connectivity index (χ0) is 26.2. The molecule has 0 spiro atoms. The van der Waals surface area contributed by atoms with Crippen LogP contribution < -0.4 is 11.2 Å². The lowest BCUT2D eigenvalue weighted by Crippen LogP contribution is -2.39. The van der Waals surface area contributed by atoms with Gasteiger partial charge in [0.1, 0.15) is 12.7 Å². The number of halogens is 1. The van der Waals surface area contributed by atoms with Gasteiger partial charge in [-0.2, -0.15) is 8.48 Å². The molecule has 0 bridgehead atoms. The third kappa shape index (κ3) is 12.1. The zero-order valence-electron chi connectivity index (χ0n) is 20.4. The van der Waals surface area contributed by atoms with E-state index in [9.17, 15) is 9.59 Å². The van der Waals surface area contributed by atoms with Crippen molar-refractivity contribution >= 4 is 31.5 Å². The number of ether oxygens (including phenoxy) is 2. The maximum absolute atomic E-state index is 12.4. The van der Waals surface area contributed by atoms with Gasteiger partial charge in [0.05, 0.1) is 38.9 Å². The van der Waals surface area contributed by atoms with Gasteiger partial charge in [0.25, 0.3) is 14.1 Å². The smallest absolute Gasteiger partial charge is 0.330 e. The summed E-state index contributed by atoms with van der Waals surface area (Å²) in [5.41, 5.74) is -1.18. The van der Waals surface area contributed by atoms with Crippen molar-refractivity contribution in [2.75, 3.05) is 33.0 Å². The van der Waals surface area contributed by atoms with Gasteiger partial charge < -0.3 is 18.5 Å². The quantitative estimate of drug-likeness (QED) is 0.0608. The van der Waals surface area contributed by atoms with Gasteiger partial charge in [-0.25, -0.2) is 14.4 Å². The van der Waals surface area contributed by atoms with Gasteiger partial charge in [0, 0.05) is 24.3 Å². The molecule has 0 aromatic carbocycles. The van der Waals surface area contributed by atoms with E-state index in [2.05, 4.69) is 22.3 Å². The molecule has 0 aliphatic rings. The maximum atomic E-state index is 12.4. The predicted molar refractivity (Wildman–Crippen MR) is 138 cm³/mol. The molecule has 1 aromatic heterocycles. The number of nitrogens with zero attached hydrogens (tertiary/aromatic N) is 3. The summed E-state index contributed by atoms with van der Waals surface area (Å²) in [6.07, 6.45) is 1.52. The Bertz CT molecular complexity index is 883. The van der Waals surface area contributed by atoms with Crippen molar-refractivity contribution in [3.05, 3.63) is 45.8 Å². The Morgan fingerprint density at radius 2 is 1.94 bits per heavy atom. The number of hydrogen-bond donors (Lipinski definition) is 1. The highest BCUT2D eigenvalue weighted by Crippen LogP contribution is 2.46. The molecular formula is C21H34IN4O8P. The number of nitriles is 1. The van der Waals surface area contributed by atoms with E-state index in [4.69, 9.17) is 31.9 Å². The number of aromatic nitrogens is 2. The molecule has 0 aliphatic carbocycles. The second-order valence-corrected chi connectivity index (χ2v) is 9.56. The van der Waals surface area contributed by atoms with Crippen LogP contribution in [0.4, 0.5) is 0 Å². The molecule has 1 heterocycles. The summed E-state index contributed by atoms with van der Waals surface area (Å²) in [4.78, 5) is 31.2. The van der Waals surface area contributed by atoms with Crippen LogP contribution in [0.3, 0.4) is 0 Å². The van der Waals surface area contributed by atoms with Gasteiger partial charge in [-0.05, 0) is 27.7 Å². The van der Waals surface area contributed by atoms with Crippen LogP contribution in [0, 0.1) is 11.3 Å². The Morgan fingerprint density at radius 3 is 2.51 bits per heavy atom. The van der Waals surface area contributed by atoms with Gasteiger partial charge in [-0.15, -0.1) is 6.58 Å². The Kier molecular flexibility index (Phi) is 16.5. The predicted octanol–water partition coefficient (Wildman–Crippen LogP) is 3.21. The minimum Gasteiger partial charge on any atom is -0.373 e. The van der Waals surface area contributed by atoms with Crippen LogP contribution in [0.25, 0.3) is 0 Å². The van der Waals surface area contributed by atoms with E-state index in [-0.39, 0.29) is 51.5 Å². The molecule has 3 atom stereocenters. The van der Waals surface area contributed by atoms with Crippen molar-refractivity contribution in [3.63, 3.8) is 0 Å². The Hall–Kier alpha value is -1.21. The normalized spacial score (nSPS) is 14.3. The molecule has 35 heavy (non-hydrogen) atoms. The van der Waals surface area contributed by atoms with E-state index >= 15 is 0 Å². The van der Waals surface area contributed by atoms with Crippen molar-refractivity contribution in [1.29, 1.82) is 5.26 Å². The van der Waals surface area contributed by atoms with Crippen LogP contribution in [0.5, 0.6) is 0 Å². The summed E-state index contributed by atoms with van der Waals surface area (Å²) in [6.45, 7) is 12.2. The highest BCUT2D eigenvalue weighted by atomic mass is 127. The Morgan fingerprint density at radius 1 is 1.23 bits per heavy atom. The Balaban J connectivity index is 3.09. The lowest BCUT2D eigenvalue weighted by molar-refractivity contribution is -0.214. The van der Waals surface area contributed by atoms with Crippen molar-refractivity contribution in [2.45, 2.75) is 58.5 Å². The second kappa shape index (κ2) is 18.1. The van der Waals surface area contributed by atoms with Crippen LogP contribution in [-0.4, -0.2) is 65.4 Å². The van der Waals surface area contributed by atoms with Crippen LogP contribution >= 0.6 is 31.5 Å². The molecule has 3 unspecified atom stereocenters. The topological polar surface area (TPSA) is 137 Å². The molecule has 0 saturated heterocycles. The van der Waals surface area contributed by atoms with E-state index in [0.717, 1.165) is 0 Å². The second-order valence-electron chi connectivity index (χ2n) is 7.75. The average Bonchev–Trinajstić information content (AvgIpc) is 2.79. The van der Waals surface area contributed by atoms with Crippen molar-refractivity contribution in [1.82, 2.24) is 14.2 Å². The van der Waals surface area contributed by atoms with E-state index < -0.39 is 32.1 Å². The van der Waals surface area contributed by atoms with Crippen LogP contribution in [-0.2, 0) is 26.6 Å². The van der Waals surface area contributed by atoms with Gasteiger partial charge in [0.2, 0.25) is 0 Å². The molecule has 1 N–H and O–H groups in total. The first kappa shape index (κ1) is 31.8. The highest BCUT2D eigenvalue weighted by molar-refractivity contribution is 14.1. The number of H-pyrrole nitrogens is 1. The summed E-state index contributed by atoms with van der Waals surface area (Å²) in [5, 5.41) is 8.89. The first-order chi connectivity index (χ1) is 16.7. The summed E-state index contributed by atoms with van der Waals surface area (Å²) >= 11 is 1.59. The van der Waals surface area contributed by atoms with Gasteiger partial charge in [-0.1, -0.05) is 6.08 Å². The fraction of sp³-hybridized carbons (Fsp3) is 0.667. The molecule has 0 amide bonds. The molecular weight excluding hydrogens is 594 g/mol. The van der Waals surface area contributed by atoms with Gasteiger partial charge in [-0.3, -0.25) is 14.3 Å². The molecule has 14 heteroatoms. The molecule has 0 radical (unpaired) electrons. The molecule has 1 rings (SSSR count). The third-order valence-corrected chi connectivity index (χ3v) is 6.67. The number of hydrogen-bond acceptors (Lipinski definition) is 10. The summed E-state index contributed by atoms with van der Waals surface area (Å²) in [7, 11) is -1.52. The van der Waals surface area contributed by atoms with E-state index in [1.165, 1.54) is 16.8 Å². The standard InChI is InChI=1S/C21H34IN4O8P/c1-6-11-29-15-20(25-10-8-19(27)24-21(25)28)33-18(13-30-34-22)14-32-35(31-12-7-9-23)26(16(2)3)17(4)5/h6,8,10,16-18,20H,1,7,11-15H2,2-5H3,(H,24,27,28). The lowest BCUT2D eigenvalue weighted by Gasteiger charge is -2.36. The van der Waals surface area contributed by atoms with Crippen molar-refractivity contribution in [3.8, 4) is 6.07 Å². The van der Waals surface area contributed by atoms with Gasteiger partial charge >= 0.3 is 5.69 Å². The summed E-state index contributed by atoms with van der Waals surface area (Å²) < 4.78 is 31.7. The highest BCUT2D eigenvalue weighted by Gasteiger charge is 2.29. The van der Waals surface area contributed by atoms with Crippen LogP contribution in [0.2, 0.25) is 0 Å². The number of aromatic amines is 1. The molecule has 0 fully saturated rings. The fourth-order valence-corrected chi connectivity index (χ4v) is 4.79. The van der Waals surface area contributed by atoms with E-state index in [1.54, 1.807) is 29.1 Å². The number of nitrogens with one attached hydrogen (secondary N) is 1. The summed E-state index contributed by atoms with van der Waals surface area (Å²) in [5.74, 6) is 0. The molecule has 1 aromatic rings. The molecule has 0 aliphatic heterocycles.